The fourth-order valence-corrected chi connectivity index (χ4v) is 8.59. The third-order valence-electron chi connectivity index (χ3n) is 11.1. The largest absolute Gasteiger partial charge is 0.247 e. The van der Waals surface area contributed by atoms with E-state index < -0.39 is 0 Å². The number of rotatable bonds is 4. The molecule has 0 bridgehead atoms. The van der Waals surface area contributed by atoms with Crippen LogP contribution in [0, 0.1) is 6.92 Å². The van der Waals surface area contributed by atoms with E-state index in [2.05, 4.69) is 177 Å². The van der Waals surface area contributed by atoms with Crippen molar-refractivity contribution in [2.24, 2.45) is 0 Å². The zero-order chi connectivity index (χ0) is 36.5. The second kappa shape index (κ2) is 12.4. The van der Waals surface area contributed by atoms with Crippen LogP contribution in [0.3, 0.4) is 0 Å². The minimum absolute atomic E-state index is 0.866. The minimum atomic E-state index is 0.866. The van der Waals surface area contributed by atoms with E-state index in [0.29, 0.717) is 0 Å². The number of benzene rings is 9. The first-order valence-corrected chi connectivity index (χ1v) is 18.8. The predicted molar refractivity (Wildman–Crippen MR) is 231 cm³/mol. The fourth-order valence-electron chi connectivity index (χ4n) is 8.59. The van der Waals surface area contributed by atoms with Crippen LogP contribution in [-0.2, 0) is 0 Å². The Morgan fingerprint density at radius 1 is 0.291 bits per heavy atom. The number of nitrogens with zero attached hydrogens (tertiary/aromatic N) is 3. The van der Waals surface area contributed by atoms with E-state index in [0.717, 1.165) is 77.6 Å². The van der Waals surface area contributed by atoms with Crippen molar-refractivity contribution in [3.05, 3.63) is 188 Å². The Labute approximate surface area is 318 Å². The standard InChI is InChI=1S/C52H33N3/c1-32-29-46-52(55-51(34-17-6-3-7-18-34)50(54-46)33-15-4-2-5-16-33)48-43-25-12-13-26-45(43)53-49(47(32)48)37-20-14-19-35(30-37)36-27-28-42-40-23-9-8-21-38(40)39-22-10-11-24-41(39)44(42)31-36/h2-31H,1H3. The summed E-state index contributed by atoms with van der Waals surface area (Å²) in [7, 11) is 0. The van der Waals surface area contributed by atoms with Crippen LogP contribution >= 0.6 is 0 Å². The highest BCUT2D eigenvalue weighted by molar-refractivity contribution is 6.26. The highest BCUT2D eigenvalue weighted by atomic mass is 14.8. The van der Waals surface area contributed by atoms with Crippen LogP contribution in [0.4, 0.5) is 0 Å². The molecule has 0 fully saturated rings. The van der Waals surface area contributed by atoms with Crippen molar-refractivity contribution >= 4 is 65.0 Å². The smallest absolute Gasteiger partial charge is 0.0980 e. The lowest BCUT2D eigenvalue weighted by Crippen LogP contribution is -1.99. The first-order chi connectivity index (χ1) is 27.2. The van der Waals surface area contributed by atoms with Crippen LogP contribution < -0.4 is 0 Å². The van der Waals surface area contributed by atoms with Crippen LogP contribution in [0.25, 0.3) is 110 Å². The summed E-state index contributed by atoms with van der Waals surface area (Å²) in [5, 5.41) is 10.9. The summed E-state index contributed by atoms with van der Waals surface area (Å²) in [6, 6.07) is 64.7. The Balaban J connectivity index is 1.16. The Kier molecular flexibility index (Phi) is 7.08. The van der Waals surface area contributed by atoms with Crippen LogP contribution in [0.1, 0.15) is 5.56 Å². The van der Waals surface area contributed by atoms with Gasteiger partial charge in [0, 0.05) is 32.8 Å². The van der Waals surface area contributed by atoms with E-state index in [1.165, 1.54) is 37.9 Å². The maximum atomic E-state index is 5.53. The summed E-state index contributed by atoms with van der Waals surface area (Å²) in [5.41, 5.74) is 12.0. The Hall–Kier alpha value is -7.23. The monoisotopic (exact) mass is 699 g/mol. The molecule has 0 spiro atoms. The molecule has 9 aromatic carbocycles. The summed E-state index contributed by atoms with van der Waals surface area (Å²) >= 11 is 0. The van der Waals surface area contributed by atoms with Gasteiger partial charge in [0.05, 0.1) is 33.6 Å². The SMILES string of the molecule is Cc1cc2nc(-c3ccccc3)c(-c3ccccc3)nc2c2c1c(-c1cccc(-c3ccc4c5ccccc5c5ccccc5c4c3)c1)nc1ccccc12. The summed E-state index contributed by atoms with van der Waals surface area (Å²) in [6.07, 6.45) is 0. The summed E-state index contributed by atoms with van der Waals surface area (Å²) < 4.78 is 0. The van der Waals surface area contributed by atoms with Gasteiger partial charge in [-0.05, 0) is 80.2 Å². The maximum absolute atomic E-state index is 5.53. The number of fused-ring (bicyclic) bond motifs is 11. The Morgan fingerprint density at radius 3 is 1.45 bits per heavy atom. The molecule has 0 aliphatic carbocycles. The minimum Gasteiger partial charge on any atom is -0.247 e. The second-order valence-electron chi connectivity index (χ2n) is 14.4. The van der Waals surface area contributed by atoms with Gasteiger partial charge in [0.2, 0.25) is 0 Å². The van der Waals surface area contributed by atoms with Gasteiger partial charge >= 0.3 is 0 Å². The Bertz CT molecular complexity index is 3280. The van der Waals surface area contributed by atoms with Gasteiger partial charge in [-0.2, -0.15) is 0 Å². The molecule has 2 heterocycles. The predicted octanol–water partition coefficient (Wildman–Crippen LogP) is 13.8. The van der Waals surface area contributed by atoms with Crippen LogP contribution in [-0.4, -0.2) is 15.0 Å². The van der Waals surface area contributed by atoms with E-state index in [4.69, 9.17) is 15.0 Å². The van der Waals surface area contributed by atoms with E-state index >= 15 is 0 Å². The number of para-hydroxylation sites is 1. The molecule has 11 rings (SSSR count). The van der Waals surface area contributed by atoms with Crippen molar-refractivity contribution in [3.63, 3.8) is 0 Å². The zero-order valence-corrected chi connectivity index (χ0v) is 30.2. The first-order valence-electron chi connectivity index (χ1n) is 18.8. The molecule has 0 amide bonds. The molecule has 0 N–H and O–H groups in total. The average molecular weight is 700 g/mol. The molecule has 3 heteroatoms. The van der Waals surface area contributed by atoms with Crippen molar-refractivity contribution in [2.75, 3.05) is 0 Å². The second-order valence-corrected chi connectivity index (χ2v) is 14.4. The van der Waals surface area contributed by atoms with Crippen molar-refractivity contribution in [1.29, 1.82) is 0 Å². The molecule has 256 valence electrons. The van der Waals surface area contributed by atoms with Gasteiger partial charge in [0.1, 0.15) is 0 Å². The molecule has 0 atom stereocenters. The zero-order valence-electron chi connectivity index (χ0n) is 30.2. The highest BCUT2D eigenvalue weighted by Crippen LogP contribution is 2.42. The van der Waals surface area contributed by atoms with Gasteiger partial charge in [0.15, 0.2) is 0 Å². The van der Waals surface area contributed by atoms with Crippen LogP contribution in [0.5, 0.6) is 0 Å². The molecule has 0 aliphatic heterocycles. The van der Waals surface area contributed by atoms with Crippen LogP contribution in [0.2, 0.25) is 0 Å². The first kappa shape index (κ1) is 31.3. The van der Waals surface area contributed by atoms with Crippen LogP contribution in [0.15, 0.2) is 182 Å². The number of pyridine rings is 1. The lowest BCUT2D eigenvalue weighted by Gasteiger charge is -2.17. The molecule has 11 aromatic rings. The van der Waals surface area contributed by atoms with E-state index in [9.17, 15) is 0 Å². The normalized spacial score (nSPS) is 11.7. The fraction of sp³-hybridized carbons (Fsp3) is 0.0192. The van der Waals surface area contributed by atoms with Gasteiger partial charge in [-0.3, -0.25) is 0 Å². The molecule has 55 heavy (non-hydrogen) atoms. The molecule has 2 aromatic heterocycles. The van der Waals surface area contributed by atoms with Gasteiger partial charge in [0.25, 0.3) is 0 Å². The molecule has 0 saturated carbocycles. The third kappa shape index (κ3) is 5.01. The number of hydrogen-bond acceptors (Lipinski definition) is 3. The molecule has 3 nitrogen and oxygen atoms in total. The molecular formula is C52H33N3. The lowest BCUT2D eigenvalue weighted by molar-refractivity contribution is 1.29. The lowest BCUT2D eigenvalue weighted by atomic mass is 9.91. The van der Waals surface area contributed by atoms with Gasteiger partial charge in [-0.25, -0.2) is 15.0 Å². The molecule has 0 unspecified atom stereocenters. The van der Waals surface area contributed by atoms with Gasteiger partial charge in [-0.15, -0.1) is 0 Å². The molecule has 0 saturated heterocycles. The maximum Gasteiger partial charge on any atom is 0.0980 e. The van der Waals surface area contributed by atoms with Crippen molar-refractivity contribution in [1.82, 2.24) is 15.0 Å². The number of hydrogen-bond donors (Lipinski definition) is 0. The Morgan fingerprint density at radius 2 is 0.782 bits per heavy atom. The van der Waals surface area contributed by atoms with E-state index in [-0.39, 0.29) is 0 Å². The highest BCUT2D eigenvalue weighted by Gasteiger charge is 2.21. The van der Waals surface area contributed by atoms with Crippen molar-refractivity contribution < 1.29 is 0 Å². The molecule has 0 aliphatic rings. The quantitative estimate of drug-likeness (QED) is 0.172. The summed E-state index contributed by atoms with van der Waals surface area (Å²) in [5.74, 6) is 0. The summed E-state index contributed by atoms with van der Waals surface area (Å²) in [6.45, 7) is 2.18. The number of aryl methyl sites for hydroxylation is 1. The van der Waals surface area contributed by atoms with E-state index in [1.54, 1.807) is 0 Å². The van der Waals surface area contributed by atoms with Crippen molar-refractivity contribution in [3.8, 4) is 44.9 Å². The molecular weight excluding hydrogens is 667 g/mol. The average Bonchev–Trinajstić information content (AvgIpc) is 3.26. The third-order valence-corrected chi connectivity index (χ3v) is 11.1. The van der Waals surface area contributed by atoms with Gasteiger partial charge < -0.3 is 0 Å². The van der Waals surface area contributed by atoms with Crippen molar-refractivity contribution in [2.45, 2.75) is 6.92 Å². The topological polar surface area (TPSA) is 38.7 Å². The van der Waals surface area contributed by atoms with Gasteiger partial charge in [-0.1, -0.05) is 158 Å². The van der Waals surface area contributed by atoms with E-state index in [1.807, 2.05) is 12.1 Å². The number of aromatic nitrogens is 3. The molecule has 0 radical (unpaired) electrons. The summed E-state index contributed by atoms with van der Waals surface area (Å²) in [4.78, 5) is 16.3.